The third kappa shape index (κ3) is 5.34. The Morgan fingerprint density at radius 3 is 2.42 bits per heavy atom. The number of nitrogens with zero attached hydrogens (tertiary/aromatic N) is 1. The van der Waals surface area contributed by atoms with Gasteiger partial charge in [0.05, 0.1) is 19.8 Å². The maximum absolute atomic E-state index is 5.44. The Bertz CT molecular complexity index is 698. The summed E-state index contributed by atoms with van der Waals surface area (Å²) in [6.45, 7) is 6.83. The summed E-state index contributed by atoms with van der Waals surface area (Å²) in [5, 5.41) is 7.03. The van der Waals surface area contributed by atoms with Crippen molar-refractivity contribution >= 4 is 28.7 Å². The summed E-state index contributed by atoms with van der Waals surface area (Å²) in [6, 6.07) is 16.4. The van der Waals surface area contributed by atoms with Crippen molar-refractivity contribution in [3.05, 3.63) is 54.1 Å². The summed E-state index contributed by atoms with van der Waals surface area (Å²) < 4.78 is 10.8. The lowest BCUT2D eigenvalue weighted by atomic mass is 10.2. The zero-order chi connectivity index (χ0) is 18.2. The molecule has 5 nitrogen and oxygen atoms in total. The first kappa shape index (κ1) is 18.5. The van der Waals surface area contributed by atoms with Crippen LogP contribution in [-0.2, 0) is 11.3 Å². The quantitative estimate of drug-likeness (QED) is 0.759. The van der Waals surface area contributed by atoms with E-state index in [4.69, 9.17) is 21.7 Å². The van der Waals surface area contributed by atoms with Crippen molar-refractivity contribution in [1.82, 2.24) is 5.32 Å². The number of morpholine rings is 1. The van der Waals surface area contributed by atoms with E-state index in [2.05, 4.69) is 39.8 Å². The molecule has 0 aliphatic carbocycles. The lowest BCUT2D eigenvalue weighted by Gasteiger charge is -2.28. The number of benzene rings is 2. The molecule has 6 heteroatoms. The van der Waals surface area contributed by atoms with Crippen LogP contribution in [0.2, 0.25) is 0 Å². The van der Waals surface area contributed by atoms with Gasteiger partial charge in [0.15, 0.2) is 5.11 Å². The Morgan fingerprint density at radius 1 is 1.08 bits per heavy atom. The Balaban J connectivity index is 1.46. The molecule has 0 aromatic heterocycles. The molecule has 0 unspecified atom stereocenters. The first-order valence-corrected chi connectivity index (χ1v) is 9.35. The predicted octanol–water partition coefficient (Wildman–Crippen LogP) is 3.41. The summed E-state index contributed by atoms with van der Waals surface area (Å²) in [4.78, 5) is 2.35. The van der Waals surface area contributed by atoms with E-state index in [0.717, 1.165) is 37.7 Å². The molecule has 0 spiro atoms. The molecule has 1 saturated heterocycles. The van der Waals surface area contributed by atoms with Crippen molar-refractivity contribution in [3.8, 4) is 5.75 Å². The first-order chi connectivity index (χ1) is 12.7. The molecule has 1 aliphatic rings. The Morgan fingerprint density at radius 2 is 1.77 bits per heavy atom. The van der Waals surface area contributed by atoms with Crippen LogP contribution in [-0.4, -0.2) is 38.0 Å². The molecule has 26 heavy (non-hydrogen) atoms. The molecule has 0 amide bonds. The first-order valence-electron chi connectivity index (χ1n) is 8.94. The van der Waals surface area contributed by atoms with Crippen molar-refractivity contribution in [1.29, 1.82) is 0 Å². The predicted molar refractivity (Wildman–Crippen MR) is 110 cm³/mol. The summed E-state index contributed by atoms with van der Waals surface area (Å²) in [6.07, 6.45) is 0. The third-order valence-electron chi connectivity index (χ3n) is 4.19. The molecule has 1 fully saturated rings. The number of anilines is 2. The molecule has 0 atom stereocenters. The highest BCUT2D eigenvalue weighted by Crippen LogP contribution is 2.17. The standard InChI is InChI=1S/C20H25N3O2S/c1-2-25-19-9-5-17(6-10-19)22-20(26)21-15-16-3-7-18(8-4-16)23-11-13-24-14-12-23/h3-10H,2,11-15H2,1H3,(H2,21,22,26). The molecule has 2 aromatic rings. The van der Waals surface area contributed by atoms with E-state index in [0.29, 0.717) is 18.3 Å². The van der Waals surface area contributed by atoms with Gasteiger partial charge < -0.3 is 25.0 Å². The van der Waals surface area contributed by atoms with Gasteiger partial charge in [0.1, 0.15) is 5.75 Å². The molecular weight excluding hydrogens is 346 g/mol. The number of hydrogen-bond acceptors (Lipinski definition) is 4. The van der Waals surface area contributed by atoms with Crippen LogP contribution in [0.1, 0.15) is 12.5 Å². The number of hydrogen-bond donors (Lipinski definition) is 2. The fraction of sp³-hybridized carbons (Fsp3) is 0.350. The average molecular weight is 372 g/mol. The molecule has 0 bridgehead atoms. The van der Waals surface area contributed by atoms with Gasteiger partial charge in [-0.3, -0.25) is 0 Å². The minimum atomic E-state index is 0.603. The van der Waals surface area contributed by atoms with Gasteiger partial charge in [0.2, 0.25) is 0 Å². The van der Waals surface area contributed by atoms with Gasteiger partial charge in [-0.2, -0.15) is 0 Å². The smallest absolute Gasteiger partial charge is 0.171 e. The van der Waals surface area contributed by atoms with Crippen molar-refractivity contribution in [2.24, 2.45) is 0 Å². The summed E-state index contributed by atoms with van der Waals surface area (Å²) in [7, 11) is 0. The van der Waals surface area contributed by atoms with Crippen molar-refractivity contribution in [3.63, 3.8) is 0 Å². The van der Waals surface area contributed by atoms with Gasteiger partial charge in [-0.05, 0) is 61.1 Å². The van der Waals surface area contributed by atoms with Gasteiger partial charge >= 0.3 is 0 Å². The van der Waals surface area contributed by atoms with Crippen LogP contribution in [0.5, 0.6) is 5.75 Å². The van der Waals surface area contributed by atoms with Crippen molar-refractivity contribution < 1.29 is 9.47 Å². The topological polar surface area (TPSA) is 45.8 Å². The highest BCUT2D eigenvalue weighted by Gasteiger charge is 2.10. The van der Waals surface area contributed by atoms with Gasteiger partial charge in [-0.15, -0.1) is 0 Å². The number of nitrogens with one attached hydrogen (secondary N) is 2. The Labute approximate surface area is 160 Å². The van der Waals surface area contributed by atoms with E-state index in [1.54, 1.807) is 0 Å². The van der Waals surface area contributed by atoms with E-state index in [-0.39, 0.29) is 0 Å². The molecule has 0 saturated carbocycles. The lowest BCUT2D eigenvalue weighted by Crippen LogP contribution is -2.36. The minimum absolute atomic E-state index is 0.603. The maximum Gasteiger partial charge on any atom is 0.171 e. The second kappa shape index (κ2) is 9.40. The molecule has 1 aliphatic heterocycles. The molecule has 0 radical (unpaired) electrons. The van der Waals surface area contributed by atoms with Crippen molar-refractivity contribution in [2.75, 3.05) is 43.1 Å². The fourth-order valence-corrected chi connectivity index (χ4v) is 2.99. The minimum Gasteiger partial charge on any atom is -0.494 e. The third-order valence-corrected chi connectivity index (χ3v) is 4.44. The summed E-state index contributed by atoms with van der Waals surface area (Å²) in [5.74, 6) is 0.859. The molecule has 1 heterocycles. The van der Waals surface area contributed by atoms with E-state index in [1.165, 1.54) is 11.3 Å². The van der Waals surface area contributed by atoms with Crippen LogP contribution in [0, 0.1) is 0 Å². The SMILES string of the molecule is CCOc1ccc(NC(=S)NCc2ccc(N3CCOCC3)cc2)cc1. The van der Waals surface area contributed by atoms with Crippen LogP contribution >= 0.6 is 12.2 Å². The molecule has 3 rings (SSSR count). The Kier molecular flexibility index (Phi) is 6.68. The van der Waals surface area contributed by atoms with E-state index in [1.807, 2.05) is 31.2 Å². The van der Waals surface area contributed by atoms with Gasteiger partial charge in [-0.25, -0.2) is 0 Å². The van der Waals surface area contributed by atoms with Crippen LogP contribution in [0.4, 0.5) is 11.4 Å². The largest absolute Gasteiger partial charge is 0.494 e. The van der Waals surface area contributed by atoms with Gasteiger partial charge in [0.25, 0.3) is 0 Å². The average Bonchev–Trinajstić information content (AvgIpc) is 2.69. The highest BCUT2D eigenvalue weighted by atomic mass is 32.1. The van der Waals surface area contributed by atoms with E-state index >= 15 is 0 Å². The molecular formula is C20H25N3O2S. The van der Waals surface area contributed by atoms with Crippen LogP contribution in [0.3, 0.4) is 0 Å². The number of thiocarbonyl (C=S) groups is 1. The Hall–Kier alpha value is -2.31. The van der Waals surface area contributed by atoms with Crippen molar-refractivity contribution in [2.45, 2.75) is 13.5 Å². The zero-order valence-corrected chi connectivity index (χ0v) is 15.8. The van der Waals surface area contributed by atoms with Crippen LogP contribution < -0.4 is 20.3 Å². The number of ether oxygens (including phenoxy) is 2. The van der Waals surface area contributed by atoms with Crippen LogP contribution in [0.15, 0.2) is 48.5 Å². The number of rotatable bonds is 6. The maximum atomic E-state index is 5.44. The second-order valence-electron chi connectivity index (χ2n) is 6.03. The monoisotopic (exact) mass is 371 g/mol. The summed E-state index contributed by atoms with van der Waals surface area (Å²) in [5.41, 5.74) is 3.37. The molecule has 2 N–H and O–H groups in total. The lowest BCUT2D eigenvalue weighted by molar-refractivity contribution is 0.122. The van der Waals surface area contributed by atoms with Gasteiger partial charge in [0, 0.05) is 31.0 Å². The summed E-state index contributed by atoms with van der Waals surface area (Å²) >= 11 is 5.37. The fourth-order valence-electron chi connectivity index (χ4n) is 2.80. The second-order valence-corrected chi connectivity index (χ2v) is 6.44. The zero-order valence-electron chi connectivity index (χ0n) is 15.0. The molecule has 2 aromatic carbocycles. The van der Waals surface area contributed by atoms with E-state index < -0.39 is 0 Å². The van der Waals surface area contributed by atoms with Crippen LogP contribution in [0.25, 0.3) is 0 Å². The molecule has 138 valence electrons. The highest BCUT2D eigenvalue weighted by molar-refractivity contribution is 7.80. The normalized spacial score (nSPS) is 14.0. The van der Waals surface area contributed by atoms with E-state index in [9.17, 15) is 0 Å². The van der Waals surface area contributed by atoms with Gasteiger partial charge in [-0.1, -0.05) is 12.1 Å².